The number of nitrogens with zero attached hydrogens (tertiary/aromatic N) is 1. The molecule has 0 unspecified atom stereocenters. The quantitative estimate of drug-likeness (QED) is 0.466. The summed E-state index contributed by atoms with van der Waals surface area (Å²) in [4.78, 5) is 28.3. The first kappa shape index (κ1) is 18.1. The van der Waals surface area contributed by atoms with E-state index in [0.717, 1.165) is 5.56 Å². The highest BCUT2D eigenvalue weighted by Gasteiger charge is 2.21. The van der Waals surface area contributed by atoms with Crippen LogP contribution in [0.1, 0.15) is 54.0 Å². The van der Waals surface area contributed by atoms with Crippen molar-refractivity contribution < 1.29 is 14.3 Å². The molecule has 0 N–H and O–H groups in total. The molecule has 0 spiro atoms. The number of Topliss-reactive ketones (excluding diaryl/α,β-unsaturated/α-hetero) is 1. The van der Waals surface area contributed by atoms with Gasteiger partial charge in [0.1, 0.15) is 5.15 Å². The van der Waals surface area contributed by atoms with Gasteiger partial charge in [-0.05, 0) is 30.0 Å². The molecular weight excluding hydrogens is 326 g/mol. The molecule has 0 saturated carbocycles. The van der Waals surface area contributed by atoms with Crippen LogP contribution in [-0.2, 0) is 10.2 Å². The van der Waals surface area contributed by atoms with Crippen LogP contribution in [0.3, 0.4) is 0 Å². The molecule has 2 rings (SSSR count). The standard InChI is InChI=1S/C19H20ClNO3/c1-12(24-18(23)14-7-10-16(20)21-11-14)17(22)13-5-8-15(9-6-13)19(2,3)4/h5-12H,1-4H3/t12-/m0/s1. The van der Waals surface area contributed by atoms with Crippen LogP contribution >= 0.6 is 11.6 Å². The van der Waals surface area contributed by atoms with Gasteiger partial charge < -0.3 is 4.74 Å². The summed E-state index contributed by atoms with van der Waals surface area (Å²) in [5.74, 6) is -0.850. The van der Waals surface area contributed by atoms with Gasteiger partial charge in [0.2, 0.25) is 5.78 Å². The van der Waals surface area contributed by atoms with Gasteiger partial charge in [-0.1, -0.05) is 56.6 Å². The summed E-state index contributed by atoms with van der Waals surface area (Å²) in [5, 5.41) is 0.287. The summed E-state index contributed by atoms with van der Waals surface area (Å²) >= 11 is 5.68. The molecule has 0 saturated heterocycles. The zero-order valence-corrected chi connectivity index (χ0v) is 14.9. The number of carbonyl (C=O) groups excluding carboxylic acids is 2. The van der Waals surface area contributed by atoms with Gasteiger partial charge in [-0.2, -0.15) is 0 Å². The highest BCUT2D eigenvalue weighted by molar-refractivity contribution is 6.29. The number of rotatable bonds is 4. The summed E-state index contributed by atoms with van der Waals surface area (Å²) in [6.45, 7) is 7.87. The summed E-state index contributed by atoms with van der Waals surface area (Å²) in [6.07, 6.45) is 0.439. The third-order valence-corrected chi connectivity index (χ3v) is 3.88. The van der Waals surface area contributed by atoms with E-state index < -0.39 is 12.1 Å². The molecule has 126 valence electrons. The molecule has 1 aromatic heterocycles. The highest BCUT2D eigenvalue weighted by atomic mass is 35.5. The van der Waals surface area contributed by atoms with Gasteiger partial charge in [0.15, 0.2) is 6.10 Å². The third kappa shape index (κ3) is 4.42. The van der Waals surface area contributed by atoms with Gasteiger partial charge in [0.05, 0.1) is 5.56 Å². The van der Waals surface area contributed by atoms with Crippen molar-refractivity contribution in [1.29, 1.82) is 0 Å². The Hall–Kier alpha value is -2.20. The summed E-state index contributed by atoms with van der Waals surface area (Å²) in [6, 6.07) is 10.4. The van der Waals surface area contributed by atoms with E-state index in [4.69, 9.17) is 16.3 Å². The number of pyridine rings is 1. The second-order valence-corrected chi connectivity index (χ2v) is 7.00. The molecule has 1 heterocycles. The summed E-state index contributed by atoms with van der Waals surface area (Å²) in [7, 11) is 0. The van der Waals surface area contributed by atoms with Gasteiger partial charge in [-0.15, -0.1) is 0 Å². The Morgan fingerprint density at radius 3 is 2.12 bits per heavy atom. The van der Waals surface area contributed by atoms with E-state index in [2.05, 4.69) is 25.8 Å². The molecule has 0 aliphatic rings. The Bertz CT molecular complexity index is 731. The number of halogens is 1. The summed E-state index contributed by atoms with van der Waals surface area (Å²) < 4.78 is 5.22. The van der Waals surface area contributed by atoms with Crippen molar-refractivity contribution in [3.8, 4) is 0 Å². The van der Waals surface area contributed by atoms with Crippen molar-refractivity contribution in [1.82, 2.24) is 4.98 Å². The highest BCUT2D eigenvalue weighted by Crippen LogP contribution is 2.22. The van der Waals surface area contributed by atoms with E-state index in [9.17, 15) is 9.59 Å². The average molecular weight is 346 g/mol. The maximum atomic E-state index is 12.4. The van der Waals surface area contributed by atoms with E-state index in [0.29, 0.717) is 5.56 Å². The van der Waals surface area contributed by atoms with Gasteiger partial charge >= 0.3 is 5.97 Å². The van der Waals surface area contributed by atoms with Crippen LogP contribution in [-0.4, -0.2) is 22.8 Å². The van der Waals surface area contributed by atoms with E-state index in [1.807, 2.05) is 12.1 Å². The molecule has 0 fully saturated rings. The molecule has 0 aliphatic carbocycles. The van der Waals surface area contributed by atoms with Gasteiger partial charge in [-0.3, -0.25) is 4.79 Å². The fourth-order valence-electron chi connectivity index (χ4n) is 2.15. The van der Waals surface area contributed by atoms with Crippen molar-refractivity contribution in [2.45, 2.75) is 39.2 Å². The van der Waals surface area contributed by atoms with E-state index >= 15 is 0 Å². The first-order valence-electron chi connectivity index (χ1n) is 7.66. The van der Waals surface area contributed by atoms with E-state index in [1.165, 1.54) is 18.3 Å². The Morgan fingerprint density at radius 2 is 1.62 bits per heavy atom. The smallest absolute Gasteiger partial charge is 0.340 e. The zero-order valence-electron chi connectivity index (χ0n) is 14.2. The van der Waals surface area contributed by atoms with Crippen molar-refractivity contribution in [3.63, 3.8) is 0 Å². The number of ether oxygens (including phenoxy) is 1. The molecular formula is C19H20ClNO3. The second-order valence-electron chi connectivity index (χ2n) is 6.61. The van der Waals surface area contributed by atoms with Crippen molar-refractivity contribution >= 4 is 23.4 Å². The topological polar surface area (TPSA) is 56.3 Å². The molecule has 24 heavy (non-hydrogen) atoms. The third-order valence-electron chi connectivity index (χ3n) is 3.65. The Kier molecular flexibility index (Phi) is 5.40. The normalized spacial score (nSPS) is 12.5. The number of carbonyl (C=O) groups is 2. The average Bonchev–Trinajstić information content (AvgIpc) is 2.54. The molecule has 1 aromatic carbocycles. The van der Waals surface area contributed by atoms with Crippen LogP contribution in [0.4, 0.5) is 0 Å². The number of esters is 1. The Morgan fingerprint density at radius 1 is 1.04 bits per heavy atom. The van der Waals surface area contributed by atoms with Gasteiger partial charge in [0, 0.05) is 11.8 Å². The molecule has 4 nitrogen and oxygen atoms in total. The molecule has 5 heteroatoms. The van der Waals surface area contributed by atoms with Crippen molar-refractivity contribution in [2.75, 3.05) is 0 Å². The molecule has 1 atom stereocenters. The molecule has 0 bridgehead atoms. The number of benzene rings is 1. The van der Waals surface area contributed by atoms with Crippen molar-refractivity contribution in [3.05, 3.63) is 64.4 Å². The minimum absolute atomic E-state index is 0.0151. The zero-order chi connectivity index (χ0) is 17.9. The molecule has 0 amide bonds. The molecule has 2 aromatic rings. The first-order valence-corrected chi connectivity index (χ1v) is 8.03. The van der Waals surface area contributed by atoms with Crippen LogP contribution in [0.25, 0.3) is 0 Å². The lowest BCUT2D eigenvalue weighted by molar-refractivity contribution is 0.0318. The first-order chi connectivity index (χ1) is 11.2. The number of ketones is 1. The predicted octanol–water partition coefficient (Wildman–Crippen LogP) is 4.46. The minimum Gasteiger partial charge on any atom is -0.451 e. The van der Waals surface area contributed by atoms with Crippen LogP contribution in [0, 0.1) is 0 Å². The lowest BCUT2D eigenvalue weighted by Crippen LogP contribution is -2.24. The Balaban J connectivity index is 2.06. The van der Waals surface area contributed by atoms with Gasteiger partial charge in [-0.25, -0.2) is 9.78 Å². The summed E-state index contributed by atoms with van der Waals surface area (Å²) in [5.41, 5.74) is 1.91. The largest absolute Gasteiger partial charge is 0.451 e. The monoisotopic (exact) mass is 345 g/mol. The van der Waals surface area contributed by atoms with Crippen LogP contribution in [0.15, 0.2) is 42.6 Å². The van der Waals surface area contributed by atoms with Crippen LogP contribution in [0.5, 0.6) is 0 Å². The maximum absolute atomic E-state index is 12.4. The molecule has 0 aliphatic heterocycles. The fraction of sp³-hybridized carbons (Fsp3) is 0.316. The van der Waals surface area contributed by atoms with Crippen LogP contribution in [0.2, 0.25) is 5.15 Å². The second kappa shape index (κ2) is 7.14. The SMILES string of the molecule is C[C@H](OC(=O)c1ccc(Cl)nc1)C(=O)c1ccc(C(C)(C)C)cc1. The van der Waals surface area contributed by atoms with Crippen LogP contribution < -0.4 is 0 Å². The van der Waals surface area contributed by atoms with E-state index in [-0.39, 0.29) is 21.9 Å². The minimum atomic E-state index is -0.881. The van der Waals surface area contributed by atoms with E-state index in [1.54, 1.807) is 19.1 Å². The Labute approximate surface area is 146 Å². The van der Waals surface area contributed by atoms with Gasteiger partial charge in [0.25, 0.3) is 0 Å². The maximum Gasteiger partial charge on any atom is 0.340 e. The molecule has 0 radical (unpaired) electrons. The number of aromatic nitrogens is 1. The number of hydrogen-bond acceptors (Lipinski definition) is 4. The van der Waals surface area contributed by atoms with Crippen molar-refractivity contribution in [2.24, 2.45) is 0 Å². The lowest BCUT2D eigenvalue weighted by Gasteiger charge is -2.19. The number of hydrogen-bond donors (Lipinski definition) is 0. The predicted molar refractivity (Wildman–Crippen MR) is 93.6 cm³/mol. The fourth-order valence-corrected chi connectivity index (χ4v) is 2.26. The lowest BCUT2D eigenvalue weighted by atomic mass is 9.86.